The topological polar surface area (TPSA) is 105 Å². The Labute approximate surface area is 216 Å². The molecule has 1 aliphatic heterocycles. The van der Waals surface area contributed by atoms with Gasteiger partial charge in [-0.15, -0.1) is 0 Å². The molecule has 0 bridgehead atoms. The Hall–Kier alpha value is -4.18. The number of esters is 2. The summed E-state index contributed by atoms with van der Waals surface area (Å²) in [4.78, 5) is 43.7. The largest absolute Gasteiger partial charge is 0.497 e. The Kier molecular flexibility index (Phi) is 7.58. The molecule has 9 nitrogen and oxygen atoms in total. The van der Waals surface area contributed by atoms with Gasteiger partial charge in [0, 0.05) is 5.56 Å². The lowest BCUT2D eigenvalue weighted by atomic mass is 9.95. The Morgan fingerprint density at radius 1 is 1.05 bits per heavy atom. The van der Waals surface area contributed by atoms with Crippen LogP contribution in [0.15, 0.2) is 63.5 Å². The molecule has 0 amide bonds. The molecule has 1 unspecified atom stereocenters. The molecule has 1 atom stereocenters. The first kappa shape index (κ1) is 25.9. The quantitative estimate of drug-likeness (QED) is 0.439. The van der Waals surface area contributed by atoms with Crippen molar-refractivity contribution in [3.63, 3.8) is 0 Å². The van der Waals surface area contributed by atoms with Crippen molar-refractivity contribution in [2.75, 3.05) is 27.9 Å². The number of thiazole rings is 1. The fraction of sp³-hybridized carbons (Fsp3) is 0.259. The predicted octanol–water partition coefficient (Wildman–Crippen LogP) is 2.60. The number of carbonyl (C=O) groups is 2. The second-order valence-electron chi connectivity index (χ2n) is 8.02. The van der Waals surface area contributed by atoms with Crippen LogP contribution in [0.4, 0.5) is 0 Å². The Morgan fingerprint density at radius 2 is 1.78 bits per heavy atom. The SMILES string of the molecule is CCOC(=O)C1=C(C)N=c2sc(=Cc3cc(OC)ccc3OC)c(=O)n2C1c1ccc(C(=O)OC)cc1. The lowest BCUT2D eigenvalue weighted by Gasteiger charge is -2.24. The predicted molar refractivity (Wildman–Crippen MR) is 138 cm³/mol. The zero-order valence-electron chi connectivity index (χ0n) is 21.1. The van der Waals surface area contributed by atoms with Crippen LogP contribution in [-0.4, -0.2) is 44.4 Å². The van der Waals surface area contributed by atoms with Crippen molar-refractivity contribution in [3.8, 4) is 11.5 Å². The first-order valence-corrected chi connectivity index (χ1v) is 12.2. The van der Waals surface area contributed by atoms with Crippen molar-refractivity contribution in [2.45, 2.75) is 19.9 Å². The van der Waals surface area contributed by atoms with E-state index in [2.05, 4.69) is 4.99 Å². The van der Waals surface area contributed by atoms with Gasteiger partial charge >= 0.3 is 11.9 Å². The van der Waals surface area contributed by atoms with Crippen LogP contribution in [-0.2, 0) is 14.3 Å². The van der Waals surface area contributed by atoms with E-state index in [1.54, 1.807) is 76.6 Å². The van der Waals surface area contributed by atoms with Crippen molar-refractivity contribution >= 4 is 29.4 Å². The van der Waals surface area contributed by atoms with Crippen molar-refractivity contribution in [2.24, 2.45) is 4.99 Å². The summed E-state index contributed by atoms with van der Waals surface area (Å²) < 4.78 is 22.8. The smallest absolute Gasteiger partial charge is 0.338 e. The molecule has 2 heterocycles. The first-order chi connectivity index (χ1) is 17.8. The molecule has 0 saturated heterocycles. The molecular formula is C27H26N2O7S. The molecule has 4 rings (SSSR count). The number of hydrogen-bond donors (Lipinski definition) is 0. The van der Waals surface area contributed by atoms with Gasteiger partial charge in [0.05, 0.1) is 55.3 Å². The minimum atomic E-state index is -0.795. The summed E-state index contributed by atoms with van der Waals surface area (Å²) >= 11 is 1.20. The van der Waals surface area contributed by atoms with E-state index >= 15 is 0 Å². The molecule has 0 saturated carbocycles. The maximum absolute atomic E-state index is 13.8. The number of fused-ring (bicyclic) bond motifs is 1. The standard InChI is InChI=1S/C27H26N2O7S/c1-6-36-26(32)22-15(2)28-27-29(23(22)16-7-9-17(10-8-16)25(31)35-5)24(30)21(37-27)14-18-13-19(33-3)11-12-20(18)34-4/h7-14,23H,6H2,1-5H3. The van der Waals surface area contributed by atoms with E-state index < -0.39 is 18.0 Å². The van der Waals surface area contributed by atoms with Gasteiger partial charge in [0.15, 0.2) is 4.80 Å². The number of allylic oxidation sites excluding steroid dienone is 1. The number of rotatable bonds is 7. The number of nitrogens with zero attached hydrogens (tertiary/aromatic N) is 2. The van der Waals surface area contributed by atoms with Gasteiger partial charge in [0.25, 0.3) is 5.56 Å². The highest BCUT2D eigenvalue weighted by molar-refractivity contribution is 7.07. The van der Waals surface area contributed by atoms with E-state index in [0.29, 0.717) is 43.2 Å². The van der Waals surface area contributed by atoms with Crippen LogP contribution < -0.4 is 24.4 Å². The third-order valence-electron chi connectivity index (χ3n) is 5.89. The molecule has 10 heteroatoms. The van der Waals surface area contributed by atoms with Crippen molar-refractivity contribution in [3.05, 3.63) is 90.1 Å². The lowest BCUT2D eigenvalue weighted by Crippen LogP contribution is -2.40. The summed E-state index contributed by atoms with van der Waals surface area (Å²) in [6, 6.07) is 11.1. The van der Waals surface area contributed by atoms with Crippen molar-refractivity contribution in [1.29, 1.82) is 0 Å². The summed E-state index contributed by atoms with van der Waals surface area (Å²) in [6.45, 7) is 3.60. The molecule has 0 fully saturated rings. The number of aromatic nitrogens is 1. The number of hydrogen-bond acceptors (Lipinski definition) is 9. The summed E-state index contributed by atoms with van der Waals surface area (Å²) in [6.07, 6.45) is 1.71. The van der Waals surface area contributed by atoms with E-state index in [-0.39, 0.29) is 17.7 Å². The number of methoxy groups -OCH3 is 3. The van der Waals surface area contributed by atoms with Gasteiger partial charge in [-0.3, -0.25) is 9.36 Å². The van der Waals surface area contributed by atoms with E-state index in [0.717, 1.165) is 0 Å². The molecule has 1 aliphatic rings. The van der Waals surface area contributed by atoms with Gasteiger partial charge in [0.1, 0.15) is 11.5 Å². The molecule has 0 N–H and O–H groups in total. The van der Waals surface area contributed by atoms with Gasteiger partial charge in [-0.05, 0) is 55.8 Å². The van der Waals surface area contributed by atoms with Crippen LogP contribution in [0.25, 0.3) is 6.08 Å². The third kappa shape index (κ3) is 4.92. The zero-order valence-corrected chi connectivity index (χ0v) is 21.9. The highest BCUT2D eigenvalue weighted by Crippen LogP contribution is 2.31. The van der Waals surface area contributed by atoms with E-state index in [4.69, 9.17) is 18.9 Å². The summed E-state index contributed by atoms with van der Waals surface area (Å²) in [5.74, 6) is 0.142. The van der Waals surface area contributed by atoms with Crippen LogP contribution in [0, 0.1) is 0 Å². The molecule has 2 aromatic carbocycles. The van der Waals surface area contributed by atoms with Crippen LogP contribution in [0.1, 0.15) is 41.4 Å². The van der Waals surface area contributed by atoms with E-state index in [1.165, 1.54) is 23.0 Å². The molecule has 192 valence electrons. The normalized spacial score (nSPS) is 15.1. The Morgan fingerprint density at radius 3 is 2.41 bits per heavy atom. The summed E-state index contributed by atoms with van der Waals surface area (Å²) in [7, 11) is 4.41. The fourth-order valence-corrected chi connectivity index (χ4v) is 5.16. The molecule has 3 aromatic rings. The average Bonchev–Trinajstić information content (AvgIpc) is 3.21. The Bertz CT molecular complexity index is 1570. The zero-order chi connectivity index (χ0) is 26.7. The maximum atomic E-state index is 13.8. The van der Waals surface area contributed by atoms with Crippen LogP contribution >= 0.6 is 11.3 Å². The Balaban J connectivity index is 1.94. The lowest BCUT2D eigenvalue weighted by molar-refractivity contribution is -0.139. The minimum absolute atomic E-state index is 0.170. The van der Waals surface area contributed by atoms with Gasteiger partial charge in [-0.25, -0.2) is 14.6 Å². The van der Waals surface area contributed by atoms with Gasteiger partial charge < -0.3 is 18.9 Å². The van der Waals surface area contributed by atoms with Crippen molar-refractivity contribution < 1.29 is 28.5 Å². The van der Waals surface area contributed by atoms with Crippen LogP contribution in [0.5, 0.6) is 11.5 Å². The van der Waals surface area contributed by atoms with E-state index in [1.807, 2.05) is 0 Å². The second-order valence-corrected chi connectivity index (χ2v) is 9.03. The molecule has 0 radical (unpaired) electrons. The number of ether oxygens (including phenoxy) is 4. The van der Waals surface area contributed by atoms with Crippen LogP contribution in [0.3, 0.4) is 0 Å². The molecule has 0 spiro atoms. The second kappa shape index (κ2) is 10.8. The minimum Gasteiger partial charge on any atom is -0.497 e. The highest BCUT2D eigenvalue weighted by atomic mass is 32.1. The molecular weight excluding hydrogens is 496 g/mol. The van der Waals surface area contributed by atoms with Gasteiger partial charge in [0.2, 0.25) is 0 Å². The summed E-state index contributed by atoms with van der Waals surface area (Å²) in [5, 5.41) is 0. The molecule has 1 aromatic heterocycles. The summed E-state index contributed by atoms with van der Waals surface area (Å²) in [5.41, 5.74) is 2.01. The van der Waals surface area contributed by atoms with Crippen molar-refractivity contribution in [1.82, 2.24) is 4.57 Å². The third-order valence-corrected chi connectivity index (χ3v) is 6.87. The van der Waals surface area contributed by atoms with E-state index in [9.17, 15) is 14.4 Å². The van der Waals surface area contributed by atoms with Gasteiger partial charge in [-0.2, -0.15) is 0 Å². The molecule has 0 aliphatic carbocycles. The molecule has 37 heavy (non-hydrogen) atoms. The average molecular weight is 523 g/mol. The monoisotopic (exact) mass is 522 g/mol. The van der Waals surface area contributed by atoms with Gasteiger partial charge in [-0.1, -0.05) is 23.5 Å². The highest BCUT2D eigenvalue weighted by Gasteiger charge is 2.33. The first-order valence-electron chi connectivity index (χ1n) is 11.4. The number of benzene rings is 2. The maximum Gasteiger partial charge on any atom is 0.338 e. The van der Waals surface area contributed by atoms with Crippen LogP contribution in [0.2, 0.25) is 0 Å². The number of carbonyl (C=O) groups excluding carboxylic acids is 2. The fourth-order valence-electron chi connectivity index (χ4n) is 4.12.